The fourth-order valence-corrected chi connectivity index (χ4v) is 1.41. The quantitative estimate of drug-likeness (QED) is 0.432. The van der Waals surface area contributed by atoms with Gasteiger partial charge in [0.1, 0.15) is 5.41 Å². The number of hydrogen-bond donors (Lipinski definition) is 0. The Morgan fingerprint density at radius 3 is 1.92 bits per heavy atom. The Morgan fingerprint density at radius 1 is 1.15 bits per heavy atom. The SMILES string of the molecule is CCN(CC)CCC([SiH3])(OC)OC. The smallest absolute Gasteiger partial charge is 0.142 e. The number of methoxy groups -OCH3 is 2. The standard InChI is InChI=1S/C9H23NO2Si/c1-5-10(6-2)8-7-9(13,11-3)12-4/h5-8H2,1-4,13H3. The van der Waals surface area contributed by atoms with Gasteiger partial charge in [0, 0.05) is 27.2 Å². The lowest BCUT2D eigenvalue weighted by atomic mass is 10.3. The Labute approximate surface area is 84.8 Å². The van der Waals surface area contributed by atoms with E-state index in [0.717, 1.165) is 36.3 Å². The van der Waals surface area contributed by atoms with Crippen molar-refractivity contribution in [2.75, 3.05) is 33.9 Å². The van der Waals surface area contributed by atoms with Gasteiger partial charge in [-0.05, 0) is 13.1 Å². The lowest BCUT2D eigenvalue weighted by molar-refractivity contribution is -0.148. The van der Waals surface area contributed by atoms with Crippen molar-refractivity contribution >= 4 is 10.2 Å². The maximum absolute atomic E-state index is 5.34. The lowest BCUT2D eigenvalue weighted by Crippen LogP contribution is -2.39. The van der Waals surface area contributed by atoms with E-state index in [0.29, 0.717) is 0 Å². The van der Waals surface area contributed by atoms with Crippen molar-refractivity contribution in [3.8, 4) is 0 Å². The van der Waals surface area contributed by atoms with E-state index >= 15 is 0 Å². The number of rotatable bonds is 7. The van der Waals surface area contributed by atoms with Crippen molar-refractivity contribution in [1.82, 2.24) is 4.90 Å². The Balaban J connectivity index is 3.83. The van der Waals surface area contributed by atoms with Crippen LogP contribution in [0.2, 0.25) is 0 Å². The Kier molecular flexibility index (Phi) is 6.58. The van der Waals surface area contributed by atoms with Crippen LogP contribution >= 0.6 is 0 Å². The first-order chi connectivity index (χ1) is 6.11. The maximum Gasteiger partial charge on any atom is 0.142 e. The zero-order chi connectivity index (χ0) is 10.3. The first-order valence-electron chi connectivity index (χ1n) is 4.94. The molecule has 0 fully saturated rings. The molecule has 0 amide bonds. The molecule has 0 aliphatic heterocycles. The van der Waals surface area contributed by atoms with Crippen LogP contribution in [0.3, 0.4) is 0 Å². The molecular weight excluding hydrogens is 182 g/mol. The van der Waals surface area contributed by atoms with Crippen LogP contribution in [0.4, 0.5) is 0 Å². The summed E-state index contributed by atoms with van der Waals surface area (Å²) < 4.78 is 10.7. The average Bonchev–Trinajstić information content (AvgIpc) is 2.19. The van der Waals surface area contributed by atoms with Crippen LogP contribution in [-0.2, 0) is 9.47 Å². The van der Waals surface area contributed by atoms with E-state index in [2.05, 4.69) is 18.7 Å². The molecule has 0 aromatic carbocycles. The molecule has 0 saturated carbocycles. The van der Waals surface area contributed by atoms with Crippen molar-refractivity contribution in [3.05, 3.63) is 0 Å². The zero-order valence-corrected chi connectivity index (χ0v) is 11.6. The summed E-state index contributed by atoms with van der Waals surface area (Å²) in [6, 6.07) is 0. The minimum Gasteiger partial charge on any atom is -0.358 e. The monoisotopic (exact) mass is 205 g/mol. The lowest BCUT2D eigenvalue weighted by Gasteiger charge is -2.29. The Hall–Kier alpha value is 0.0969. The molecule has 0 radical (unpaired) electrons. The molecule has 0 bridgehead atoms. The van der Waals surface area contributed by atoms with Gasteiger partial charge in [0.15, 0.2) is 0 Å². The minimum absolute atomic E-state index is 0.289. The fourth-order valence-electron chi connectivity index (χ4n) is 1.19. The summed E-state index contributed by atoms with van der Waals surface area (Å²) in [6.45, 7) is 7.61. The van der Waals surface area contributed by atoms with Crippen LogP contribution < -0.4 is 0 Å². The molecule has 0 unspecified atom stereocenters. The molecule has 3 nitrogen and oxygen atoms in total. The van der Waals surface area contributed by atoms with Gasteiger partial charge in [-0.1, -0.05) is 13.8 Å². The topological polar surface area (TPSA) is 21.7 Å². The molecule has 0 atom stereocenters. The summed E-state index contributed by atoms with van der Waals surface area (Å²) in [5, 5.41) is 0. The summed E-state index contributed by atoms with van der Waals surface area (Å²) in [6.07, 6.45) is 0.966. The van der Waals surface area contributed by atoms with Crippen molar-refractivity contribution in [1.29, 1.82) is 0 Å². The molecule has 0 rings (SSSR count). The second kappa shape index (κ2) is 6.54. The first-order valence-corrected chi connectivity index (χ1v) is 5.94. The van der Waals surface area contributed by atoms with Crippen LogP contribution in [0.1, 0.15) is 20.3 Å². The molecule has 0 spiro atoms. The molecule has 0 aliphatic rings. The van der Waals surface area contributed by atoms with E-state index in [1.807, 2.05) is 0 Å². The second-order valence-corrected chi connectivity index (χ2v) is 4.84. The summed E-state index contributed by atoms with van der Waals surface area (Å²) in [5.41, 5.74) is -0.289. The van der Waals surface area contributed by atoms with E-state index in [9.17, 15) is 0 Å². The normalized spacial score (nSPS) is 12.7. The number of hydrogen-bond acceptors (Lipinski definition) is 3. The van der Waals surface area contributed by atoms with Gasteiger partial charge in [0.2, 0.25) is 0 Å². The minimum atomic E-state index is -0.289. The van der Waals surface area contributed by atoms with Crippen LogP contribution in [0.5, 0.6) is 0 Å². The van der Waals surface area contributed by atoms with Gasteiger partial charge in [-0.15, -0.1) is 0 Å². The highest BCUT2D eigenvalue weighted by Gasteiger charge is 2.22. The highest BCUT2D eigenvalue weighted by Crippen LogP contribution is 2.11. The fraction of sp³-hybridized carbons (Fsp3) is 1.00. The summed E-state index contributed by atoms with van der Waals surface area (Å²) in [4.78, 5) is 2.38. The summed E-state index contributed by atoms with van der Waals surface area (Å²) in [7, 11) is 4.35. The Morgan fingerprint density at radius 2 is 1.62 bits per heavy atom. The van der Waals surface area contributed by atoms with E-state index in [4.69, 9.17) is 9.47 Å². The average molecular weight is 205 g/mol. The van der Waals surface area contributed by atoms with E-state index in [-0.39, 0.29) is 5.41 Å². The van der Waals surface area contributed by atoms with Gasteiger partial charge >= 0.3 is 0 Å². The predicted octanol–water partition coefficient (Wildman–Crippen LogP) is 0.0303. The van der Waals surface area contributed by atoms with Crippen LogP contribution in [0, 0.1) is 0 Å². The van der Waals surface area contributed by atoms with Gasteiger partial charge in [0.05, 0.1) is 10.2 Å². The molecule has 0 heterocycles. The van der Waals surface area contributed by atoms with Gasteiger partial charge in [-0.3, -0.25) is 0 Å². The molecule has 13 heavy (non-hydrogen) atoms. The molecule has 0 N–H and O–H groups in total. The molecule has 0 saturated heterocycles. The van der Waals surface area contributed by atoms with Crippen molar-refractivity contribution in [2.45, 2.75) is 25.7 Å². The zero-order valence-electron chi connectivity index (χ0n) is 9.59. The highest BCUT2D eigenvalue weighted by atomic mass is 28.1. The highest BCUT2D eigenvalue weighted by molar-refractivity contribution is 6.13. The molecule has 0 aromatic heterocycles. The van der Waals surface area contributed by atoms with Gasteiger partial charge in [-0.2, -0.15) is 0 Å². The second-order valence-electron chi connectivity index (χ2n) is 3.32. The van der Waals surface area contributed by atoms with Crippen LogP contribution in [0.15, 0.2) is 0 Å². The Bertz CT molecular complexity index is 125. The van der Waals surface area contributed by atoms with Crippen molar-refractivity contribution in [2.24, 2.45) is 0 Å². The first kappa shape index (κ1) is 13.1. The third-order valence-corrected chi connectivity index (χ3v) is 3.96. The van der Waals surface area contributed by atoms with Crippen LogP contribution in [-0.4, -0.2) is 54.4 Å². The third kappa shape index (κ3) is 4.76. The number of ether oxygens (including phenoxy) is 2. The molecule has 4 heteroatoms. The van der Waals surface area contributed by atoms with Crippen LogP contribution in [0.25, 0.3) is 0 Å². The summed E-state index contributed by atoms with van der Waals surface area (Å²) in [5.74, 6) is 0. The molecular formula is C9H23NO2Si. The third-order valence-electron chi connectivity index (χ3n) is 2.64. The predicted molar refractivity (Wildman–Crippen MR) is 59.1 cm³/mol. The molecule has 80 valence electrons. The molecule has 0 aromatic rings. The van der Waals surface area contributed by atoms with E-state index in [1.165, 1.54) is 0 Å². The van der Waals surface area contributed by atoms with Gasteiger partial charge in [-0.25, -0.2) is 0 Å². The maximum atomic E-state index is 5.34. The van der Waals surface area contributed by atoms with Gasteiger partial charge in [0.25, 0.3) is 0 Å². The summed E-state index contributed by atoms with van der Waals surface area (Å²) >= 11 is 0. The molecule has 0 aliphatic carbocycles. The van der Waals surface area contributed by atoms with Crippen molar-refractivity contribution < 1.29 is 9.47 Å². The van der Waals surface area contributed by atoms with Gasteiger partial charge < -0.3 is 14.4 Å². The van der Waals surface area contributed by atoms with E-state index in [1.54, 1.807) is 14.2 Å². The van der Waals surface area contributed by atoms with Crippen molar-refractivity contribution in [3.63, 3.8) is 0 Å². The van der Waals surface area contributed by atoms with E-state index < -0.39 is 0 Å². The number of nitrogens with zero attached hydrogens (tertiary/aromatic N) is 1. The largest absolute Gasteiger partial charge is 0.358 e.